The number of esters is 2. The van der Waals surface area contributed by atoms with Crippen LogP contribution in [0.3, 0.4) is 0 Å². The second-order valence-corrected chi connectivity index (χ2v) is 6.17. The second kappa shape index (κ2) is 10.9. The summed E-state index contributed by atoms with van der Waals surface area (Å²) in [6, 6.07) is 12.6. The zero-order valence-corrected chi connectivity index (χ0v) is 17.9. The van der Waals surface area contributed by atoms with E-state index in [2.05, 4.69) is 5.43 Å². The van der Waals surface area contributed by atoms with Crippen LogP contribution >= 0.6 is 0 Å². The van der Waals surface area contributed by atoms with Gasteiger partial charge in [-0.25, -0.2) is 0 Å². The number of benzene rings is 2. The molecule has 0 radical (unpaired) electrons. The Hall–Kier alpha value is -3.72. The number of amides is 2. The van der Waals surface area contributed by atoms with Crippen LogP contribution in [-0.2, 0) is 9.59 Å². The Kier molecular flexibility index (Phi) is 8.27. The Morgan fingerprint density at radius 3 is 1.74 bits per heavy atom. The van der Waals surface area contributed by atoms with Crippen LogP contribution in [0, 0.1) is 0 Å². The molecule has 1 aliphatic rings. The van der Waals surface area contributed by atoms with Gasteiger partial charge in [-0.05, 0) is 24.3 Å². The fourth-order valence-corrected chi connectivity index (χ4v) is 2.73. The summed E-state index contributed by atoms with van der Waals surface area (Å²) < 4.78 is 10.1. The summed E-state index contributed by atoms with van der Waals surface area (Å²) in [5, 5.41) is 2.66. The van der Waals surface area contributed by atoms with Crippen LogP contribution in [0.5, 0.6) is 11.5 Å². The minimum absolute atomic E-state index is 0.121. The molecule has 31 heavy (non-hydrogen) atoms. The number of nitrogens with zero attached hydrogens (tertiary/aromatic N) is 2. The molecule has 164 valence electrons. The van der Waals surface area contributed by atoms with Gasteiger partial charge < -0.3 is 9.47 Å². The predicted molar refractivity (Wildman–Crippen MR) is 112 cm³/mol. The van der Waals surface area contributed by atoms with Crippen molar-refractivity contribution in [1.82, 2.24) is 15.6 Å². The molecule has 1 heterocycles. The number of hydrogen-bond acceptors (Lipinski definition) is 7. The molecule has 1 aliphatic heterocycles. The fraction of sp³-hybridized carbons (Fsp3) is 0.273. The number of hydrogen-bond donors (Lipinski definition) is 1. The van der Waals surface area contributed by atoms with Gasteiger partial charge in [-0.3, -0.25) is 29.6 Å². The molecule has 1 N–H and O–H groups in total. The van der Waals surface area contributed by atoms with Gasteiger partial charge in [0, 0.05) is 13.8 Å². The number of para-hydroxylation sites is 2. The maximum absolute atomic E-state index is 12.8. The van der Waals surface area contributed by atoms with E-state index in [4.69, 9.17) is 9.47 Å². The van der Waals surface area contributed by atoms with Crippen molar-refractivity contribution >= 4 is 23.8 Å². The quantitative estimate of drug-likeness (QED) is 0.577. The minimum Gasteiger partial charge on any atom is -0.426 e. The fourth-order valence-electron chi connectivity index (χ4n) is 2.73. The van der Waals surface area contributed by atoms with Gasteiger partial charge in [0.2, 0.25) is 0 Å². The lowest BCUT2D eigenvalue weighted by Crippen LogP contribution is -2.66. The largest absolute Gasteiger partial charge is 0.426 e. The molecule has 2 aromatic rings. The monoisotopic (exact) mass is 427 g/mol. The summed E-state index contributed by atoms with van der Waals surface area (Å²) >= 11 is 0. The molecule has 0 aliphatic carbocycles. The van der Waals surface area contributed by atoms with Crippen molar-refractivity contribution in [2.45, 2.75) is 27.7 Å². The molecule has 1 saturated heterocycles. The third-order valence-corrected chi connectivity index (χ3v) is 4.04. The molecule has 3 rings (SSSR count). The topological polar surface area (TPSA) is 105 Å². The second-order valence-electron chi connectivity index (χ2n) is 6.17. The van der Waals surface area contributed by atoms with E-state index >= 15 is 0 Å². The summed E-state index contributed by atoms with van der Waals surface area (Å²) in [6.45, 7) is 7.27. The Bertz CT molecular complexity index is 975. The Labute approximate surface area is 180 Å². The minimum atomic E-state index is -0.548. The number of rotatable bonds is 5. The molecule has 0 bridgehead atoms. The molecule has 1 fully saturated rings. The average molecular weight is 427 g/mol. The first kappa shape index (κ1) is 23.6. The average Bonchev–Trinajstić information content (AvgIpc) is 2.72. The van der Waals surface area contributed by atoms with Crippen LogP contribution in [0.1, 0.15) is 48.4 Å². The molecular formula is C22H25N3O6. The van der Waals surface area contributed by atoms with Crippen LogP contribution in [0.15, 0.2) is 48.5 Å². The van der Waals surface area contributed by atoms with Gasteiger partial charge >= 0.3 is 11.9 Å². The molecule has 2 amide bonds. The SMILES string of the molecule is CC.CC(=O)Oc1ccccc1C(=O)NN1CCN1C(=O)c1ccccc1OC(C)=O. The third kappa shape index (κ3) is 5.89. The molecule has 0 aromatic heterocycles. The first-order valence-corrected chi connectivity index (χ1v) is 9.82. The van der Waals surface area contributed by atoms with Gasteiger partial charge in [0.1, 0.15) is 11.5 Å². The van der Waals surface area contributed by atoms with Gasteiger partial charge in [-0.1, -0.05) is 38.1 Å². The lowest BCUT2D eigenvalue weighted by Gasteiger charge is -2.43. The Balaban J connectivity index is 0.00000166. The van der Waals surface area contributed by atoms with Crippen molar-refractivity contribution in [3.8, 4) is 11.5 Å². The molecule has 0 atom stereocenters. The van der Waals surface area contributed by atoms with E-state index in [0.717, 1.165) is 0 Å². The van der Waals surface area contributed by atoms with Gasteiger partial charge in [0.15, 0.2) is 0 Å². The van der Waals surface area contributed by atoms with Crippen LogP contribution < -0.4 is 14.9 Å². The highest BCUT2D eigenvalue weighted by Crippen LogP contribution is 2.23. The predicted octanol–water partition coefficient (Wildman–Crippen LogP) is 2.58. The number of carbonyl (C=O) groups is 4. The molecule has 9 heteroatoms. The smallest absolute Gasteiger partial charge is 0.308 e. The number of nitrogens with one attached hydrogen (secondary N) is 1. The van der Waals surface area contributed by atoms with Gasteiger partial charge in [-0.15, -0.1) is 5.12 Å². The first-order chi connectivity index (χ1) is 14.9. The molecule has 0 unspecified atom stereocenters. The lowest BCUT2D eigenvalue weighted by molar-refractivity contribution is -0.132. The van der Waals surface area contributed by atoms with Gasteiger partial charge in [0.05, 0.1) is 24.2 Å². The highest BCUT2D eigenvalue weighted by atomic mass is 16.5. The first-order valence-electron chi connectivity index (χ1n) is 9.82. The van der Waals surface area contributed by atoms with Crippen molar-refractivity contribution in [2.75, 3.05) is 13.1 Å². The van der Waals surface area contributed by atoms with Crippen molar-refractivity contribution in [2.24, 2.45) is 0 Å². The number of hydrazine groups is 2. The summed E-state index contributed by atoms with van der Waals surface area (Å²) in [7, 11) is 0. The van der Waals surface area contributed by atoms with Crippen LogP contribution in [0.4, 0.5) is 0 Å². The lowest BCUT2D eigenvalue weighted by atomic mass is 10.1. The van der Waals surface area contributed by atoms with E-state index < -0.39 is 23.8 Å². The summed E-state index contributed by atoms with van der Waals surface area (Å²) in [6.07, 6.45) is 0. The zero-order chi connectivity index (χ0) is 23.0. The number of ether oxygens (including phenoxy) is 2. The van der Waals surface area contributed by atoms with Crippen molar-refractivity contribution in [3.05, 3.63) is 59.7 Å². The summed E-state index contributed by atoms with van der Waals surface area (Å²) in [5.41, 5.74) is 2.96. The van der Waals surface area contributed by atoms with Crippen molar-refractivity contribution < 1.29 is 28.7 Å². The van der Waals surface area contributed by atoms with Crippen LogP contribution in [-0.4, -0.2) is 47.0 Å². The maximum Gasteiger partial charge on any atom is 0.308 e. The normalized spacial score (nSPS) is 12.6. The van der Waals surface area contributed by atoms with E-state index in [9.17, 15) is 19.2 Å². The number of carbonyl (C=O) groups excluding carboxylic acids is 4. The Morgan fingerprint density at radius 2 is 1.26 bits per heavy atom. The molecular weight excluding hydrogens is 402 g/mol. The van der Waals surface area contributed by atoms with E-state index in [1.807, 2.05) is 13.8 Å². The van der Waals surface area contributed by atoms with Gasteiger partial charge in [0.25, 0.3) is 11.8 Å². The zero-order valence-electron chi connectivity index (χ0n) is 17.9. The van der Waals surface area contributed by atoms with Crippen LogP contribution in [0.25, 0.3) is 0 Å². The summed E-state index contributed by atoms with van der Waals surface area (Å²) in [4.78, 5) is 48.0. The maximum atomic E-state index is 12.8. The van der Waals surface area contributed by atoms with Crippen molar-refractivity contribution in [3.63, 3.8) is 0 Å². The highest BCUT2D eigenvalue weighted by Gasteiger charge is 2.34. The molecule has 0 saturated carbocycles. The summed E-state index contributed by atoms with van der Waals surface area (Å²) in [5.74, 6) is -1.79. The van der Waals surface area contributed by atoms with Crippen LogP contribution in [0.2, 0.25) is 0 Å². The molecule has 2 aromatic carbocycles. The third-order valence-electron chi connectivity index (χ3n) is 4.04. The highest BCUT2D eigenvalue weighted by molar-refractivity contribution is 5.99. The van der Waals surface area contributed by atoms with Gasteiger partial charge in [-0.2, -0.15) is 0 Å². The van der Waals surface area contributed by atoms with E-state index in [-0.39, 0.29) is 22.6 Å². The van der Waals surface area contributed by atoms with E-state index in [1.54, 1.807) is 24.3 Å². The standard InChI is InChI=1S/C20H19N3O6.C2H6/c1-13(24)28-17-9-5-3-7-15(17)19(26)21-23-12-11-22(23)20(27)16-8-4-6-10-18(16)29-14(2)25;1-2/h3-10H,11-12H2,1-2H3,(H,21,26);1-2H3. The Morgan fingerprint density at radius 1 is 0.774 bits per heavy atom. The van der Waals surface area contributed by atoms with E-state index in [0.29, 0.717) is 13.1 Å². The van der Waals surface area contributed by atoms with Crippen molar-refractivity contribution in [1.29, 1.82) is 0 Å². The molecule has 0 spiro atoms. The molecule has 9 nitrogen and oxygen atoms in total. The van der Waals surface area contributed by atoms with E-state index in [1.165, 1.54) is 48.2 Å².